The molecule has 8 nitrogen and oxygen atoms in total. The molecular formula is C15H21FN4O4. The van der Waals surface area contributed by atoms with Gasteiger partial charge < -0.3 is 15.8 Å². The molecule has 0 saturated carbocycles. The van der Waals surface area contributed by atoms with E-state index in [1.165, 1.54) is 31.2 Å². The average molecular weight is 340 g/mol. The van der Waals surface area contributed by atoms with E-state index in [-0.39, 0.29) is 5.92 Å². The van der Waals surface area contributed by atoms with Gasteiger partial charge in [-0.3, -0.25) is 20.4 Å². The molecular weight excluding hydrogens is 319 g/mol. The quantitative estimate of drug-likeness (QED) is 0.561. The van der Waals surface area contributed by atoms with Gasteiger partial charge in [-0.1, -0.05) is 13.8 Å². The van der Waals surface area contributed by atoms with Crippen molar-refractivity contribution >= 4 is 17.8 Å². The lowest BCUT2D eigenvalue weighted by Gasteiger charge is -2.21. The van der Waals surface area contributed by atoms with E-state index in [1.807, 2.05) is 0 Å². The lowest BCUT2D eigenvalue weighted by atomic mass is 10.0. The zero-order valence-corrected chi connectivity index (χ0v) is 13.6. The van der Waals surface area contributed by atoms with Crippen LogP contribution < -0.4 is 26.6 Å². The second kappa shape index (κ2) is 8.70. The normalized spacial score (nSPS) is 12.9. The molecule has 2 atom stereocenters. The van der Waals surface area contributed by atoms with Gasteiger partial charge in [-0.05, 0) is 37.1 Å². The molecule has 0 bridgehead atoms. The maximum Gasteiger partial charge on any atom is 0.312 e. The van der Waals surface area contributed by atoms with Crippen molar-refractivity contribution in [2.24, 2.45) is 11.7 Å². The first-order chi connectivity index (χ1) is 11.2. The van der Waals surface area contributed by atoms with E-state index in [0.717, 1.165) is 0 Å². The average Bonchev–Trinajstić information content (AvgIpc) is 2.51. The summed E-state index contributed by atoms with van der Waals surface area (Å²) in [5.41, 5.74) is 9.39. The van der Waals surface area contributed by atoms with Crippen LogP contribution >= 0.6 is 0 Å². The number of amides is 4. The Labute approximate surface area is 138 Å². The van der Waals surface area contributed by atoms with Crippen molar-refractivity contribution in [1.82, 2.24) is 16.2 Å². The molecule has 4 amide bonds. The number of benzene rings is 1. The predicted octanol–water partition coefficient (Wildman–Crippen LogP) is 0.433. The van der Waals surface area contributed by atoms with Crippen LogP contribution in [0.15, 0.2) is 24.3 Å². The Balaban J connectivity index is 2.52. The minimum atomic E-state index is -0.933. The molecule has 0 heterocycles. The second-order valence-corrected chi connectivity index (χ2v) is 5.42. The molecule has 0 aromatic heterocycles. The Bertz CT molecular complexity index is 592. The van der Waals surface area contributed by atoms with Crippen LogP contribution in [0.25, 0.3) is 0 Å². The SMILES string of the molecule is CC(C)[C@H](NC(N)=O)C(=O)NNC(=O)[C@H](C)Oc1ccc(F)cc1. The fourth-order valence-corrected chi connectivity index (χ4v) is 1.76. The molecule has 24 heavy (non-hydrogen) atoms. The van der Waals surface area contributed by atoms with Crippen LogP contribution in [-0.2, 0) is 9.59 Å². The molecule has 0 saturated heterocycles. The van der Waals surface area contributed by atoms with Crippen LogP contribution in [0.5, 0.6) is 5.75 Å². The Hall–Kier alpha value is -2.84. The second-order valence-electron chi connectivity index (χ2n) is 5.42. The third-order valence-electron chi connectivity index (χ3n) is 3.05. The zero-order chi connectivity index (χ0) is 18.3. The van der Waals surface area contributed by atoms with Crippen molar-refractivity contribution in [3.63, 3.8) is 0 Å². The number of nitrogens with two attached hydrogens (primary N) is 1. The summed E-state index contributed by atoms with van der Waals surface area (Å²) < 4.78 is 18.1. The Morgan fingerprint density at radius 2 is 1.58 bits per heavy atom. The molecule has 0 aliphatic heterocycles. The maximum atomic E-state index is 12.8. The van der Waals surface area contributed by atoms with E-state index >= 15 is 0 Å². The fraction of sp³-hybridized carbons (Fsp3) is 0.400. The molecule has 0 aliphatic rings. The third kappa shape index (κ3) is 6.11. The van der Waals surface area contributed by atoms with Crippen LogP contribution in [0.2, 0.25) is 0 Å². The van der Waals surface area contributed by atoms with Gasteiger partial charge in [-0.15, -0.1) is 0 Å². The van der Waals surface area contributed by atoms with Crippen LogP contribution in [0.4, 0.5) is 9.18 Å². The van der Waals surface area contributed by atoms with E-state index in [2.05, 4.69) is 16.2 Å². The standard InChI is InChI=1S/C15H21FN4O4/c1-8(2)12(18-15(17)23)14(22)20-19-13(21)9(3)24-11-6-4-10(16)5-7-11/h4-9,12H,1-3H3,(H,19,21)(H,20,22)(H3,17,18,23)/t9-,12-/m0/s1. The smallest absolute Gasteiger partial charge is 0.312 e. The number of carbonyl (C=O) groups excluding carboxylic acids is 3. The number of hydrogen-bond donors (Lipinski definition) is 4. The maximum absolute atomic E-state index is 12.8. The summed E-state index contributed by atoms with van der Waals surface area (Å²) in [6.07, 6.45) is -0.933. The van der Waals surface area contributed by atoms with Crippen LogP contribution in [-0.4, -0.2) is 30.0 Å². The number of urea groups is 1. The summed E-state index contributed by atoms with van der Waals surface area (Å²) in [7, 11) is 0. The van der Waals surface area contributed by atoms with Gasteiger partial charge in [0.25, 0.3) is 11.8 Å². The first kappa shape index (κ1) is 19.2. The van der Waals surface area contributed by atoms with Gasteiger partial charge in [0.15, 0.2) is 6.10 Å². The number of primary amides is 1. The molecule has 9 heteroatoms. The highest BCUT2D eigenvalue weighted by Crippen LogP contribution is 2.12. The number of rotatable bonds is 6. The van der Waals surface area contributed by atoms with E-state index < -0.39 is 35.8 Å². The summed E-state index contributed by atoms with van der Waals surface area (Å²) >= 11 is 0. The number of carbonyl (C=O) groups is 3. The first-order valence-corrected chi connectivity index (χ1v) is 7.28. The summed E-state index contributed by atoms with van der Waals surface area (Å²) in [5, 5.41) is 2.29. The molecule has 0 fully saturated rings. The minimum Gasteiger partial charge on any atom is -0.481 e. The molecule has 0 spiro atoms. The van der Waals surface area contributed by atoms with Crippen LogP contribution in [0.1, 0.15) is 20.8 Å². The zero-order valence-electron chi connectivity index (χ0n) is 13.6. The van der Waals surface area contributed by atoms with Gasteiger partial charge in [0.05, 0.1) is 0 Å². The summed E-state index contributed by atoms with van der Waals surface area (Å²) in [5.74, 6) is -1.59. The Kier molecular flexibility index (Phi) is 6.97. The van der Waals surface area contributed by atoms with Crippen molar-refractivity contribution in [3.05, 3.63) is 30.1 Å². The monoisotopic (exact) mass is 340 g/mol. The minimum absolute atomic E-state index is 0.234. The van der Waals surface area contributed by atoms with E-state index in [4.69, 9.17) is 10.5 Å². The Morgan fingerprint density at radius 1 is 1.04 bits per heavy atom. The highest BCUT2D eigenvalue weighted by molar-refractivity contribution is 5.89. The number of halogens is 1. The van der Waals surface area contributed by atoms with Crippen molar-refractivity contribution < 1.29 is 23.5 Å². The largest absolute Gasteiger partial charge is 0.481 e. The summed E-state index contributed by atoms with van der Waals surface area (Å²) in [4.78, 5) is 34.8. The Morgan fingerprint density at radius 3 is 2.08 bits per heavy atom. The van der Waals surface area contributed by atoms with E-state index in [0.29, 0.717) is 5.75 Å². The lowest BCUT2D eigenvalue weighted by molar-refractivity contribution is -0.133. The third-order valence-corrected chi connectivity index (χ3v) is 3.05. The number of hydrazine groups is 1. The van der Waals surface area contributed by atoms with Crippen molar-refractivity contribution in [1.29, 1.82) is 0 Å². The molecule has 1 aromatic rings. The molecule has 1 aromatic carbocycles. The molecule has 0 aliphatic carbocycles. The van der Waals surface area contributed by atoms with E-state index in [1.54, 1.807) is 13.8 Å². The number of hydrogen-bond acceptors (Lipinski definition) is 4. The molecule has 132 valence electrons. The van der Waals surface area contributed by atoms with Gasteiger partial charge in [-0.2, -0.15) is 0 Å². The van der Waals surface area contributed by atoms with Gasteiger partial charge in [-0.25, -0.2) is 9.18 Å². The lowest BCUT2D eigenvalue weighted by Crippen LogP contribution is -2.56. The fourth-order valence-electron chi connectivity index (χ4n) is 1.76. The highest BCUT2D eigenvalue weighted by Gasteiger charge is 2.24. The van der Waals surface area contributed by atoms with Crippen molar-refractivity contribution in [2.75, 3.05) is 0 Å². The summed E-state index contributed by atoms with van der Waals surface area (Å²) in [6.45, 7) is 4.89. The summed E-state index contributed by atoms with van der Waals surface area (Å²) in [6, 6.07) is 3.42. The number of ether oxygens (including phenoxy) is 1. The predicted molar refractivity (Wildman–Crippen MR) is 84.1 cm³/mol. The molecule has 0 radical (unpaired) electrons. The molecule has 1 rings (SSSR count). The van der Waals surface area contributed by atoms with Gasteiger partial charge in [0, 0.05) is 0 Å². The molecule has 5 N–H and O–H groups in total. The number of nitrogens with one attached hydrogen (secondary N) is 3. The topological polar surface area (TPSA) is 123 Å². The first-order valence-electron chi connectivity index (χ1n) is 7.28. The highest BCUT2D eigenvalue weighted by atomic mass is 19.1. The van der Waals surface area contributed by atoms with Gasteiger partial charge >= 0.3 is 6.03 Å². The van der Waals surface area contributed by atoms with Crippen molar-refractivity contribution in [3.8, 4) is 5.75 Å². The van der Waals surface area contributed by atoms with Crippen molar-refractivity contribution in [2.45, 2.75) is 32.9 Å². The van der Waals surface area contributed by atoms with Crippen LogP contribution in [0, 0.1) is 11.7 Å². The molecule has 0 unspecified atom stereocenters. The van der Waals surface area contributed by atoms with Crippen LogP contribution in [0.3, 0.4) is 0 Å². The van der Waals surface area contributed by atoms with Gasteiger partial charge in [0.1, 0.15) is 17.6 Å². The van der Waals surface area contributed by atoms with Gasteiger partial charge in [0.2, 0.25) is 0 Å². The van der Waals surface area contributed by atoms with E-state index in [9.17, 15) is 18.8 Å².